The van der Waals surface area contributed by atoms with Gasteiger partial charge in [0.25, 0.3) is 5.91 Å². The topological polar surface area (TPSA) is 58.2 Å². The Kier molecular flexibility index (Phi) is 3.43. The second kappa shape index (κ2) is 5.36. The average Bonchev–Trinajstić information content (AvgIpc) is 2.45. The predicted molar refractivity (Wildman–Crippen MR) is 89.1 cm³/mol. The summed E-state index contributed by atoms with van der Waals surface area (Å²) in [6, 6.07) is 7.16. The highest BCUT2D eigenvalue weighted by atomic mass is 16.2. The fraction of sp³-hybridized carbons (Fsp3) is 0.579. The first kappa shape index (κ1) is 14.7. The van der Waals surface area contributed by atoms with Crippen LogP contribution < -0.4 is 10.6 Å². The number of benzene rings is 1. The van der Waals surface area contributed by atoms with Crippen LogP contribution in [0.15, 0.2) is 24.3 Å². The van der Waals surface area contributed by atoms with Crippen molar-refractivity contribution in [2.75, 3.05) is 5.32 Å². The fourth-order valence-corrected chi connectivity index (χ4v) is 5.48. The summed E-state index contributed by atoms with van der Waals surface area (Å²) in [6.07, 6.45) is 7.61. The van der Waals surface area contributed by atoms with Gasteiger partial charge in [-0.3, -0.25) is 9.59 Å². The number of hydrogen-bond acceptors (Lipinski definition) is 2. The number of carbonyl (C=O) groups is 2. The molecule has 0 aromatic heterocycles. The van der Waals surface area contributed by atoms with Crippen LogP contribution in [0.5, 0.6) is 0 Å². The molecule has 2 N–H and O–H groups in total. The largest absolute Gasteiger partial charge is 0.347 e. The third kappa shape index (κ3) is 2.87. The lowest BCUT2D eigenvalue weighted by molar-refractivity contribution is -0.114. The lowest BCUT2D eigenvalue weighted by atomic mass is 9.53. The Hall–Kier alpha value is -1.84. The van der Waals surface area contributed by atoms with Crippen LogP contribution in [0, 0.1) is 17.8 Å². The summed E-state index contributed by atoms with van der Waals surface area (Å²) in [5.41, 5.74) is 1.45. The molecule has 0 radical (unpaired) electrons. The molecule has 122 valence electrons. The average molecular weight is 312 g/mol. The van der Waals surface area contributed by atoms with E-state index in [0.29, 0.717) is 5.56 Å². The normalized spacial score (nSPS) is 34.2. The molecule has 5 rings (SSSR count). The van der Waals surface area contributed by atoms with Gasteiger partial charge in [0, 0.05) is 23.7 Å². The molecule has 0 heterocycles. The highest BCUT2D eigenvalue weighted by Gasteiger charge is 2.51. The molecule has 23 heavy (non-hydrogen) atoms. The number of anilines is 1. The van der Waals surface area contributed by atoms with Crippen LogP contribution in [0.3, 0.4) is 0 Å². The molecule has 4 fully saturated rings. The molecule has 1 aromatic carbocycles. The summed E-state index contributed by atoms with van der Waals surface area (Å²) in [7, 11) is 0. The minimum absolute atomic E-state index is 0.0290. The summed E-state index contributed by atoms with van der Waals surface area (Å²) in [5, 5.41) is 6.10. The van der Waals surface area contributed by atoms with E-state index >= 15 is 0 Å². The molecule has 0 unspecified atom stereocenters. The van der Waals surface area contributed by atoms with Crippen LogP contribution in [-0.2, 0) is 4.79 Å². The van der Waals surface area contributed by atoms with Gasteiger partial charge in [-0.2, -0.15) is 0 Å². The van der Waals surface area contributed by atoms with Gasteiger partial charge in [-0.15, -0.1) is 0 Å². The molecule has 4 heteroatoms. The maximum Gasteiger partial charge on any atom is 0.251 e. The van der Waals surface area contributed by atoms with Crippen LogP contribution in [0.25, 0.3) is 0 Å². The SMILES string of the molecule is CC(=O)Nc1ccc(C(=O)NC23CC4CC(CC(C4)C2)C3)cc1. The Morgan fingerprint density at radius 1 is 0.957 bits per heavy atom. The predicted octanol–water partition coefficient (Wildman–Crippen LogP) is 3.34. The van der Waals surface area contributed by atoms with Crippen molar-refractivity contribution in [3.63, 3.8) is 0 Å². The Morgan fingerprint density at radius 2 is 1.48 bits per heavy atom. The first-order valence-electron chi connectivity index (χ1n) is 8.71. The maximum atomic E-state index is 12.7. The van der Waals surface area contributed by atoms with E-state index < -0.39 is 0 Å². The van der Waals surface area contributed by atoms with E-state index in [2.05, 4.69) is 10.6 Å². The van der Waals surface area contributed by atoms with E-state index in [-0.39, 0.29) is 17.4 Å². The molecule has 4 nitrogen and oxygen atoms in total. The third-order valence-corrected chi connectivity index (χ3v) is 5.88. The summed E-state index contributed by atoms with van der Waals surface area (Å²) < 4.78 is 0. The van der Waals surface area contributed by atoms with Gasteiger partial charge in [0.1, 0.15) is 0 Å². The van der Waals surface area contributed by atoms with Gasteiger partial charge in [-0.25, -0.2) is 0 Å². The summed E-state index contributed by atoms with van der Waals surface area (Å²) >= 11 is 0. The smallest absolute Gasteiger partial charge is 0.251 e. The van der Waals surface area contributed by atoms with Crippen LogP contribution in [0.1, 0.15) is 55.8 Å². The van der Waals surface area contributed by atoms with E-state index in [9.17, 15) is 9.59 Å². The van der Waals surface area contributed by atoms with Crippen LogP contribution >= 0.6 is 0 Å². The van der Waals surface area contributed by atoms with Crippen LogP contribution in [-0.4, -0.2) is 17.4 Å². The van der Waals surface area contributed by atoms with Gasteiger partial charge in [-0.1, -0.05) is 0 Å². The molecule has 4 bridgehead atoms. The van der Waals surface area contributed by atoms with E-state index in [1.807, 2.05) is 0 Å². The van der Waals surface area contributed by atoms with Gasteiger partial charge < -0.3 is 10.6 Å². The van der Waals surface area contributed by atoms with E-state index in [4.69, 9.17) is 0 Å². The number of hydrogen-bond donors (Lipinski definition) is 2. The van der Waals surface area contributed by atoms with E-state index in [0.717, 1.165) is 42.7 Å². The van der Waals surface area contributed by atoms with Crippen molar-refractivity contribution in [3.05, 3.63) is 29.8 Å². The summed E-state index contributed by atoms with van der Waals surface area (Å²) in [6.45, 7) is 1.48. The first-order valence-corrected chi connectivity index (χ1v) is 8.71. The van der Waals surface area contributed by atoms with Crippen molar-refractivity contribution in [2.45, 2.75) is 51.0 Å². The fourth-order valence-electron chi connectivity index (χ4n) is 5.48. The molecule has 0 saturated heterocycles. The van der Waals surface area contributed by atoms with Crippen LogP contribution in [0.2, 0.25) is 0 Å². The summed E-state index contributed by atoms with van der Waals surface area (Å²) in [5.74, 6) is 2.40. The molecule has 2 amide bonds. The van der Waals surface area contributed by atoms with Gasteiger partial charge in [0.15, 0.2) is 0 Å². The second-order valence-electron chi connectivity index (χ2n) is 7.91. The van der Waals surface area contributed by atoms with Crippen molar-refractivity contribution in [1.82, 2.24) is 5.32 Å². The minimum atomic E-state index is -0.101. The van der Waals surface area contributed by atoms with Gasteiger partial charge >= 0.3 is 0 Å². The molecule has 4 aliphatic carbocycles. The maximum absolute atomic E-state index is 12.7. The van der Waals surface area contributed by atoms with Crippen molar-refractivity contribution >= 4 is 17.5 Å². The second-order valence-corrected chi connectivity index (χ2v) is 7.91. The highest BCUT2D eigenvalue weighted by Crippen LogP contribution is 2.55. The number of rotatable bonds is 3. The zero-order chi connectivity index (χ0) is 16.0. The highest BCUT2D eigenvalue weighted by molar-refractivity contribution is 5.96. The third-order valence-electron chi connectivity index (χ3n) is 5.88. The minimum Gasteiger partial charge on any atom is -0.347 e. The molecule has 1 aromatic rings. The molecule has 0 atom stereocenters. The Balaban J connectivity index is 1.46. The lowest BCUT2D eigenvalue weighted by Crippen LogP contribution is -2.59. The molecular weight excluding hydrogens is 288 g/mol. The Bertz CT molecular complexity index is 600. The van der Waals surface area contributed by atoms with Crippen molar-refractivity contribution in [1.29, 1.82) is 0 Å². The van der Waals surface area contributed by atoms with Gasteiger partial charge in [0.2, 0.25) is 5.91 Å². The zero-order valence-electron chi connectivity index (χ0n) is 13.6. The van der Waals surface area contributed by atoms with Gasteiger partial charge in [0.05, 0.1) is 0 Å². The first-order chi connectivity index (χ1) is 11.0. The van der Waals surface area contributed by atoms with Crippen molar-refractivity contribution < 1.29 is 9.59 Å². The van der Waals surface area contributed by atoms with Gasteiger partial charge in [-0.05, 0) is 80.5 Å². The monoisotopic (exact) mass is 312 g/mol. The van der Waals surface area contributed by atoms with Crippen LogP contribution in [0.4, 0.5) is 5.69 Å². The van der Waals surface area contributed by atoms with E-state index in [1.54, 1.807) is 24.3 Å². The summed E-state index contributed by atoms with van der Waals surface area (Å²) in [4.78, 5) is 23.7. The Labute approximate surface area is 137 Å². The number of nitrogens with one attached hydrogen (secondary N) is 2. The van der Waals surface area contributed by atoms with Crippen molar-refractivity contribution in [2.24, 2.45) is 17.8 Å². The lowest BCUT2D eigenvalue weighted by Gasteiger charge is -2.56. The molecular formula is C19H24N2O2. The molecule has 0 aliphatic heterocycles. The standard InChI is InChI=1S/C19H24N2O2/c1-12(22)20-17-4-2-16(3-5-17)18(23)21-19-9-13-6-14(10-19)8-15(7-13)11-19/h2-5,13-15H,6-11H2,1H3,(H,20,22)(H,21,23). The molecule has 4 saturated carbocycles. The number of carbonyl (C=O) groups excluding carboxylic acids is 2. The zero-order valence-corrected chi connectivity index (χ0v) is 13.6. The van der Waals surface area contributed by atoms with Crippen molar-refractivity contribution in [3.8, 4) is 0 Å². The van der Waals surface area contributed by atoms with E-state index in [1.165, 1.54) is 26.2 Å². The Morgan fingerprint density at radius 3 is 1.96 bits per heavy atom. The number of amides is 2. The molecule has 0 spiro atoms. The molecule has 4 aliphatic rings. The quantitative estimate of drug-likeness (QED) is 0.899.